The Kier molecular flexibility index (Phi) is 3.82. The van der Waals surface area contributed by atoms with Crippen molar-refractivity contribution in [2.75, 3.05) is 0 Å². The van der Waals surface area contributed by atoms with Crippen LogP contribution in [0.4, 0.5) is 0 Å². The van der Waals surface area contributed by atoms with Crippen LogP contribution in [0.1, 0.15) is 5.69 Å². The monoisotopic (exact) mass is 302 g/mol. The van der Waals surface area contributed by atoms with Crippen LogP contribution in [-0.4, -0.2) is 9.38 Å². The number of imidazole rings is 1. The molecule has 0 amide bonds. The summed E-state index contributed by atoms with van der Waals surface area (Å²) >= 11 is 1.56. The van der Waals surface area contributed by atoms with Crippen LogP contribution in [-0.2, 0) is 0 Å². The highest BCUT2D eigenvalue weighted by atomic mass is 32.1. The van der Waals surface area contributed by atoms with Gasteiger partial charge < -0.3 is 0 Å². The van der Waals surface area contributed by atoms with Crippen LogP contribution >= 0.6 is 11.3 Å². The Morgan fingerprint density at radius 1 is 1.18 bits per heavy atom. The quantitative estimate of drug-likeness (QED) is 0.541. The van der Waals surface area contributed by atoms with Crippen molar-refractivity contribution in [1.82, 2.24) is 9.38 Å². The zero-order valence-corrected chi connectivity index (χ0v) is 12.3. The molecule has 0 radical (unpaired) electrons. The molecule has 0 saturated heterocycles. The highest BCUT2D eigenvalue weighted by molar-refractivity contribution is 7.15. The summed E-state index contributed by atoms with van der Waals surface area (Å²) < 4.78 is 2.00. The van der Waals surface area contributed by atoms with Gasteiger partial charge in [-0.2, -0.15) is 10.5 Å². The predicted molar refractivity (Wildman–Crippen MR) is 86.8 cm³/mol. The molecular formula is C17H10N4S. The lowest BCUT2D eigenvalue weighted by Crippen LogP contribution is -1.84. The maximum Gasteiger partial charge on any atom is 0.194 e. The van der Waals surface area contributed by atoms with Gasteiger partial charge in [-0.25, -0.2) is 4.98 Å². The molecule has 1 aromatic carbocycles. The molecule has 0 unspecified atom stereocenters. The number of nitriles is 2. The molecule has 4 nitrogen and oxygen atoms in total. The molecule has 0 atom stereocenters. The van der Waals surface area contributed by atoms with E-state index >= 15 is 0 Å². The van der Waals surface area contributed by atoms with Gasteiger partial charge in [-0.15, -0.1) is 11.3 Å². The zero-order valence-electron chi connectivity index (χ0n) is 11.5. The second-order valence-electron chi connectivity index (χ2n) is 4.43. The normalized spacial score (nSPS) is 10.5. The van der Waals surface area contributed by atoms with Crippen LogP contribution in [0.5, 0.6) is 0 Å². The second-order valence-corrected chi connectivity index (χ2v) is 5.30. The van der Waals surface area contributed by atoms with Crippen LogP contribution in [0, 0.1) is 22.7 Å². The summed E-state index contributed by atoms with van der Waals surface area (Å²) in [6.07, 6.45) is 7.03. The van der Waals surface area contributed by atoms with Gasteiger partial charge in [0.25, 0.3) is 0 Å². The number of hydrogen-bond donors (Lipinski definition) is 0. The Balaban J connectivity index is 2.10. The van der Waals surface area contributed by atoms with E-state index in [-0.39, 0.29) is 5.57 Å². The molecule has 0 aliphatic carbocycles. The van der Waals surface area contributed by atoms with E-state index in [1.165, 1.54) is 6.08 Å². The molecule has 22 heavy (non-hydrogen) atoms. The van der Waals surface area contributed by atoms with Gasteiger partial charge in [0.2, 0.25) is 0 Å². The van der Waals surface area contributed by atoms with E-state index < -0.39 is 0 Å². The summed E-state index contributed by atoms with van der Waals surface area (Å²) in [5.41, 5.74) is 2.91. The Morgan fingerprint density at radius 3 is 2.68 bits per heavy atom. The number of allylic oxidation sites excluding steroid dienone is 3. The van der Waals surface area contributed by atoms with Crippen LogP contribution < -0.4 is 0 Å². The Hall–Kier alpha value is -3.15. The Labute approximate surface area is 131 Å². The number of fused-ring (bicyclic) bond motifs is 1. The van der Waals surface area contributed by atoms with Crippen molar-refractivity contribution in [1.29, 1.82) is 10.5 Å². The van der Waals surface area contributed by atoms with Gasteiger partial charge in [0.1, 0.15) is 17.7 Å². The first-order valence-electron chi connectivity index (χ1n) is 6.53. The molecule has 0 bridgehead atoms. The van der Waals surface area contributed by atoms with Gasteiger partial charge in [-0.1, -0.05) is 36.4 Å². The van der Waals surface area contributed by atoms with Gasteiger partial charge in [0.15, 0.2) is 4.96 Å². The third kappa shape index (κ3) is 2.54. The molecule has 3 aromatic rings. The molecule has 0 spiro atoms. The lowest BCUT2D eigenvalue weighted by atomic mass is 10.1. The summed E-state index contributed by atoms with van der Waals surface area (Å²) in [5, 5.41) is 19.5. The SMILES string of the molecule is N#CC(C#N)=C/C=C\c1c(-c2ccccc2)nc2sccn12. The third-order valence-corrected chi connectivity index (χ3v) is 3.86. The number of benzene rings is 1. The third-order valence-electron chi connectivity index (χ3n) is 3.10. The number of nitrogens with zero attached hydrogens (tertiary/aromatic N) is 4. The Bertz CT molecular complexity index is 930. The zero-order chi connectivity index (χ0) is 15.4. The molecule has 3 rings (SSSR count). The van der Waals surface area contributed by atoms with Crippen molar-refractivity contribution >= 4 is 22.4 Å². The first kappa shape index (κ1) is 13.8. The lowest BCUT2D eigenvalue weighted by molar-refractivity contribution is 1.21. The summed E-state index contributed by atoms with van der Waals surface area (Å²) in [4.78, 5) is 5.57. The minimum absolute atomic E-state index is 0.0728. The van der Waals surface area contributed by atoms with Gasteiger partial charge in [0.05, 0.1) is 11.4 Å². The minimum Gasteiger partial charge on any atom is -0.290 e. The lowest BCUT2D eigenvalue weighted by Gasteiger charge is -1.99. The first-order valence-corrected chi connectivity index (χ1v) is 7.41. The fourth-order valence-electron chi connectivity index (χ4n) is 2.11. The highest BCUT2D eigenvalue weighted by Gasteiger charge is 2.12. The number of rotatable bonds is 3. The van der Waals surface area contributed by atoms with E-state index in [0.717, 1.165) is 21.9 Å². The molecule has 5 heteroatoms. The summed E-state index contributed by atoms with van der Waals surface area (Å²) in [7, 11) is 0. The van der Waals surface area contributed by atoms with E-state index in [1.54, 1.807) is 17.4 Å². The smallest absolute Gasteiger partial charge is 0.194 e. The van der Waals surface area contributed by atoms with Crippen molar-refractivity contribution in [3.63, 3.8) is 0 Å². The van der Waals surface area contributed by atoms with E-state index in [2.05, 4.69) is 4.98 Å². The molecule has 0 fully saturated rings. The molecule has 2 heterocycles. The summed E-state index contributed by atoms with van der Waals surface area (Å²) in [6, 6.07) is 13.6. The number of thiazole rings is 1. The van der Waals surface area contributed by atoms with Crippen molar-refractivity contribution in [3.8, 4) is 23.4 Å². The second kappa shape index (κ2) is 6.09. The number of hydrogen-bond acceptors (Lipinski definition) is 4. The average Bonchev–Trinajstić information content (AvgIpc) is 3.14. The first-order chi connectivity index (χ1) is 10.8. The van der Waals surface area contributed by atoms with Crippen LogP contribution in [0.25, 0.3) is 22.3 Å². The van der Waals surface area contributed by atoms with Crippen LogP contribution in [0.15, 0.2) is 59.6 Å². The van der Waals surface area contributed by atoms with E-state index in [9.17, 15) is 0 Å². The summed E-state index contributed by atoms with van der Waals surface area (Å²) in [6.45, 7) is 0. The molecule has 0 aliphatic heterocycles. The standard InChI is InChI=1S/C17H10N4S/c18-11-13(12-19)5-4-8-15-16(14-6-2-1-3-7-14)20-17-21(15)9-10-22-17/h1-10H/b8-4-. The maximum atomic E-state index is 8.76. The van der Waals surface area contributed by atoms with Gasteiger partial charge in [-0.05, 0) is 12.2 Å². The fourth-order valence-corrected chi connectivity index (χ4v) is 2.83. The van der Waals surface area contributed by atoms with Crippen molar-refractivity contribution < 1.29 is 0 Å². The van der Waals surface area contributed by atoms with Gasteiger partial charge in [0, 0.05) is 17.1 Å². The highest BCUT2D eigenvalue weighted by Crippen LogP contribution is 2.27. The molecule has 0 aliphatic rings. The van der Waals surface area contributed by atoms with Crippen LogP contribution in [0.3, 0.4) is 0 Å². The van der Waals surface area contributed by atoms with Crippen molar-refractivity contribution in [3.05, 3.63) is 65.3 Å². The van der Waals surface area contributed by atoms with E-state index in [1.807, 2.05) is 64.5 Å². The number of aromatic nitrogens is 2. The molecule has 104 valence electrons. The molecule has 0 saturated carbocycles. The topological polar surface area (TPSA) is 64.9 Å². The van der Waals surface area contributed by atoms with Gasteiger partial charge >= 0.3 is 0 Å². The van der Waals surface area contributed by atoms with Crippen LogP contribution in [0.2, 0.25) is 0 Å². The fraction of sp³-hybridized carbons (Fsp3) is 0. The maximum absolute atomic E-state index is 8.76. The Morgan fingerprint density at radius 2 is 1.95 bits per heavy atom. The van der Waals surface area contributed by atoms with Crippen molar-refractivity contribution in [2.45, 2.75) is 0 Å². The van der Waals surface area contributed by atoms with E-state index in [0.29, 0.717) is 0 Å². The molecule has 0 N–H and O–H groups in total. The van der Waals surface area contributed by atoms with Crippen molar-refractivity contribution in [2.24, 2.45) is 0 Å². The van der Waals surface area contributed by atoms with Gasteiger partial charge in [-0.3, -0.25) is 4.40 Å². The summed E-state index contributed by atoms with van der Waals surface area (Å²) in [5.74, 6) is 0. The minimum atomic E-state index is 0.0728. The van der Waals surface area contributed by atoms with E-state index in [4.69, 9.17) is 10.5 Å². The largest absolute Gasteiger partial charge is 0.290 e. The molecule has 2 aromatic heterocycles. The average molecular weight is 302 g/mol. The molecular weight excluding hydrogens is 292 g/mol. The predicted octanol–water partition coefficient (Wildman–Crippen LogP) is 4.05.